The Kier molecular flexibility index (Phi) is 3.46. The van der Waals surface area contributed by atoms with E-state index < -0.39 is 32.0 Å². The van der Waals surface area contributed by atoms with Gasteiger partial charge in [-0.25, -0.2) is 8.42 Å². The van der Waals surface area contributed by atoms with Crippen molar-refractivity contribution in [3.63, 3.8) is 0 Å². The molecule has 90 valence electrons. The van der Waals surface area contributed by atoms with Gasteiger partial charge in [-0.2, -0.15) is 13.2 Å². The van der Waals surface area contributed by atoms with Crippen LogP contribution in [-0.4, -0.2) is 30.3 Å². The average Bonchev–Trinajstić information content (AvgIpc) is 1.76. The molecule has 0 spiro atoms. The SMILES string of the molecule is CC(C)(C)C(C(=O)O)S(=O)(=O)C(F)(F)F. The molecule has 0 aromatic carbocycles. The van der Waals surface area contributed by atoms with E-state index in [-0.39, 0.29) is 0 Å². The molecule has 0 aromatic heterocycles. The summed E-state index contributed by atoms with van der Waals surface area (Å²) >= 11 is 0. The highest BCUT2D eigenvalue weighted by Gasteiger charge is 2.57. The van der Waals surface area contributed by atoms with E-state index in [9.17, 15) is 26.4 Å². The van der Waals surface area contributed by atoms with Crippen LogP contribution in [0.4, 0.5) is 13.2 Å². The number of carboxylic acid groups (broad SMARTS) is 1. The van der Waals surface area contributed by atoms with Crippen LogP contribution < -0.4 is 0 Å². The van der Waals surface area contributed by atoms with Crippen molar-refractivity contribution in [3.05, 3.63) is 0 Å². The molecule has 0 aliphatic rings. The van der Waals surface area contributed by atoms with E-state index >= 15 is 0 Å². The maximum Gasteiger partial charge on any atom is 0.498 e. The maximum atomic E-state index is 12.1. The number of aliphatic carboxylic acids is 1. The number of rotatable bonds is 2. The van der Waals surface area contributed by atoms with Gasteiger partial charge in [-0.05, 0) is 5.41 Å². The Morgan fingerprint density at radius 1 is 1.20 bits per heavy atom. The molecule has 8 heteroatoms. The third-order valence-corrected chi connectivity index (χ3v) is 3.82. The molecule has 0 aliphatic heterocycles. The Labute approximate surface area is 85.0 Å². The van der Waals surface area contributed by atoms with Crippen LogP contribution in [0, 0.1) is 5.41 Å². The van der Waals surface area contributed by atoms with Gasteiger partial charge >= 0.3 is 11.5 Å². The molecule has 4 nitrogen and oxygen atoms in total. The van der Waals surface area contributed by atoms with Crippen molar-refractivity contribution in [2.75, 3.05) is 0 Å². The zero-order chi connectivity index (χ0) is 12.7. The van der Waals surface area contributed by atoms with Gasteiger partial charge in [-0.3, -0.25) is 4.79 Å². The number of alkyl halides is 3. The quantitative estimate of drug-likeness (QED) is 0.802. The third kappa shape index (κ3) is 2.83. The minimum absolute atomic E-state index is 1.12. The van der Waals surface area contributed by atoms with Crippen LogP contribution in [0.3, 0.4) is 0 Å². The first-order valence-corrected chi connectivity index (χ1v) is 5.39. The highest BCUT2D eigenvalue weighted by atomic mass is 32.2. The molecule has 1 N–H and O–H groups in total. The molecule has 0 radical (unpaired) electrons. The van der Waals surface area contributed by atoms with Gasteiger partial charge in [0.05, 0.1) is 0 Å². The van der Waals surface area contributed by atoms with Gasteiger partial charge in [0.25, 0.3) is 9.84 Å². The van der Waals surface area contributed by atoms with Gasteiger partial charge in [0, 0.05) is 0 Å². The van der Waals surface area contributed by atoms with E-state index in [1.54, 1.807) is 0 Å². The standard InChI is InChI=1S/C7H11F3O4S/c1-6(2,3)4(5(11)12)15(13,14)7(8,9)10/h4H,1-3H3,(H,11,12). The molecule has 15 heavy (non-hydrogen) atoms. The summed E-state index contributed by atoms with van der Waals surface area (Å²) in [5.74, 6) is -2.00. The predicted molar refractivity (Wildman–Crippen MR) is 45.9 cm³/mol. The van der Waals surface area contributed by atoms with Crippen LogP contribution >= 0.6 is 0 Å². The maximum absolute atomic E-state index is 12.1. The summed E-state index contributed by atoms with van der Waals surface area (Å²) in [4.78, 5) is 10.6. The molecule has 1 unspecified atom stereocenters. The second kappa shape index (κ2) is 3.66. The fourth-order valence-electron chi connectivity index (χ4n) is 1.10. The Hall–Kier alpha value is -0.790. The molecular weight excluding hydrogens is 237 g/mol. The monoisotopic (exact) mass is 248 g/mol. The molecule has 0 rings (SSSR count). The number of hydrogen-bond donors (Lipinski definition) is 1. The summed E-state index contributed by atoms with van der Waals surface area (Å²) in [6.45, 7) is 3.36. The summed E-state index contributed by atoms with van der Waals surface area (Å²) in [7, 11) is -5.70. The Morgan fingerprint density at radius 3 is 1.60 bits per heavy atom. The van der Waals surface area contributed by atoms with Crippen molar-refractivity contribution in [2.24, 2.45) is 5.41 Å². The lowest BCUT2D eigenvalue weighted by Gasteiger charge is -2.27. The Bertz CT molecular complexity index is 349. The van der Waals surface area contributed by atoms with Gasteiger partial charge in [0.1, 0.15) is 0 Å². The van der Waals surface area contributed by atoms with Crippen LogP contribution in [0.5, 0.6) is 0 Å². The van der Waals surface area contributed by atoms with Crippen molar-refractivity contribution < 1.29 is 31.5 Å². The van der Waals surface area contributed by atoms with Crippen molar-refractivity contribution >= 4 is 15.8 Å². The highest BCUT2D eigenvalue weighted by molar-refractivity contribution is 7.93. The summed E-state index contributed by atoms with van der Waals surface area (Å²) < 4.78 is 58.2. The number of carbonyl (C=O) groups is 1. The molecule has 0 aromatic rings. The molecular formula is C7H11F3O4S. The first-order valence-electron chi connectivity index (χ1n) is 3.85. The first kappa shape index (κ1) is 14.2. The second-order valence-electron chi connectivity index (χ2n) is 4.08. The molecule has 0 bridgehead atoms. The Morgan fingerprint density at radius 2 is 1.53 bits per heavy atom. The van der Waals surface area contributed by atoms with Crippen molar-refractivity contribution in [2.45, 2.75) is 31.5 Å². The highest BCUT2D eigenvalue weighted by Crippen LogP contribution is 2.35. The smallest absolute Gasteiger partial charge is 0.480 e. The lowest BCUT2D eigenvalue weighted by Crippen LogP contribution is -2.47. The minimum Gasteiger partial charge on any atom is -0.480 e. The molecule has 0 saturated heterocycles. The average molecular weight is 248 g/mol. The fraction of sp³-hybridized carbons (Fsp3) is 0.857. The van der Waals surface area contributed by atoms with E-state index in [1.165, 1.54) is 0 Å². The lowest BCUT2D eigenvalue weighted by molar-refractivity contribution is -0.139. The zero-order valence-electron chi connectivity index (χ0n) is 8.29. The number of carboxylic acids is 1. The van der Waals surface area contributed by atoms with Crippen molar-refractivity contribution in [1.82, 2.24) is 0 Å². The van der Waals surface area contributed by atoms with Gasteiger partial charge < -0.3 is 5.11 Å². The van der Waals surface area contributed by atoms with E-state index in [1.807, 2.05) is 0 Å². The second-order valence-corrected chi connectivity index (χ2v) is 6.10. The number of sulfone groups is 1. The van der Waals surface area contributed by atoms with Crippen LogP contribution in [-0.2, 0) is 14.6 Å². The van der Waals surface area contributed by atoms with Crippen molar-refractivity contribution in [3.8, 4) is 0 Å². The third-order valence-electron chi connectivity index (χ3n) is 1.64. The predicted octanol–water partition coefficient (Wildman–Crippen LogP) is 1.42. The van der Waals surface area contributed by atoms with Gasteiger partial charge in [0.2, 0.25) is 0 Å². The molecule has 0 heterocycles. The summed E-state index contributed by atoms with van der Waals surface area (Å²) in [5.41, 5.74) is -7.08. The van der Waals surface area contributed by atoms with Crippen LogP contribution in [0.1, 0.15) is 20.8 Å². The van der Waals surface area contributed by atoms with Crippen LogP contribution in [0.2, 0.25) is 0 Å². The molecule has 0 aliphatic carbocycles. The summed E-state index contributed by atoms with van der Waals surface area (Å²) in [6, 6.07) is 0. The Balaban J connectivity index is 5.62. The van der Waals surface area contributed by atoms with Crippen LogP contribution in [0.25, 0.3) is 0 Å². The normalized spacial score (nSPS) is 16.1. The molecule has 0 fully saturated rings. The van der Waals surface area contributed by atoms with Gasteiger partial charge in [-0.1, -0.05) is 20.8 Å². The zero-order valence-corrected chi connectivity index (χ0v) is 9.11. The van der Waals surface area contributed by atoms with Crippen LogP contribution in [0.15, 0.2) is 0 Å². The largest absolute Gasteiger partial charge is 0.498 e. The molecule has 0 saturated carbocycles. The molecule has 0 amide bonds. The summed E-state index contributed by atoms with van der Waals surface area (Å²) in [5, 5.41) is 6.03. The van der Waals surface area contributed by atoms with Gasteiger partial charge in [-0.15, -0.1) is 0 Å². The van der Waals surface area contributed by atoms with Crippen molar-refractivity contribution in [1.29, 1.82) is 0 Å². The topological polar surface area (TPSA) is 71.4 Å². The molecule has 1 atom stereocenters. The van der Waals surface area contributed by atoms with E-state index in [4.69, 9.17) is 5.11 Å². The minimum atomic E-state index is -5.70. The summed E-state index contributed by atoms with van der Waals surface area (Å²) in [6.07, 6.45) is 0. The van der Waals surface area contributed by atoms with E-state index in [2.05, 4.69) is 0 Å². The van der Waals surface area contributed by atoms with Gasteiger partial charge in [0.15, 0.2) is 5.25 Å². The number of hydrogen-bond acceptors (Lipinski definition) is 3. The lowest BCUT2D eigenvalue weighted by atomic mass is 9.92. The number of halogens is 3. The van der Waals surface area contributed by atoms with E-state index in [0.717, 1.165) is 20.8 Å². The van der Waals surface area contributed by atoms with E-state index in [0.29, 0.717) is 0 Å². The first-order chi connectivity index (χ1) is 6.32. The fourth-order valence-corrected chi connectivity index (χ4v) is 2.57.